The third-order valence-corrected chi connectivity index (χ3v) is 5.96. The molecule has 0 radical (unpaired) electrons. The Labute approximate surface area is 122 Å². The van der Waals surface area contributed by atoms with Gasteiger partial charge in [0.1, 0.15) is 6.29 Å². The minimum Gasteiger partial charge on any atom is -0.478 e. The largest absolute Gasteiger partial charge is 0.478 e. The van der Waals surface area contributed by atoms with Crippen LogP contribution in [0.3, 0.4) is 0 Å². The molecule has 0 aromatic carbocycles. The molecule has 0 aromatic rings. The molecule has 7 heteroatoms. The van der Waals surface area contributed by atoms with E-state index in [2.05, 4.69) is 0 Å². The molecule has 3 atom stereocenters. The Kier molecular flexibility index (Phi) is 3.85. The van der Waals surface area contributed by atoms with Crippen LogP contribution in [0.15, 0.2) is 0 Å². The average Bonchev–Trinajstić information content (AvgIpc) is 2.55. The lowest BCUT2D eigenvalue weighted by molar-refractivity contribution is -0.174. The van der Waals surface area contributed by atoms with Crippen LogP contribution in [0.5, 0.6) is 0 Å². The van der Waals surface area contributed by atoms with Crippen LogP contribution in [-0.2, 0) is 14.4 Å². The maximum atomic E-state index is 12.2. The minimum atomic E-state index is -1.64. The second-order valence-electron chi connectivity index (χ2n) is 5.86. The average molecular weight is 300 g/mol. The van der Waals surface area contributed by atoms with Gasteiger partial charge in [-0.15, -0.1) is 11.8 Å². The number of fused-ring (bicyclic) bond motifs is 1. The molecule has 2 heterocycles. The second kappa shape index (κ2) is 5.04. The minimum absolute atomic E-state index is 0.158. The van der Waals surface area contributed by atoms with E-state index in [9.17, 15) is 19.5 Å². The summed E-state index contributed by atoms with van der Waals surface area (Å²) in [5, 5.41) is 9.25. The number of nitrogens with zero attached hydrogens (tertiary/aromatic N) is 1. The van der Waals surface area contributed by atoms with E-state index in [0.29, 0.717) is 12.8 Å². The van der Waals surface area contributed by atoms with Crippen LogP contribution in [0.25, 0.3) is 0 Å². The zero-order valence-electron chi connectivity index (χ0n) is 11.7. The Morgan fingerprint density at radius 2 is 2.15 bits per heavy atom. The van der Waals surface area contributed by atoms with Crippen LogP contribution in [0.2, 0.25) is 0 Å². The van der Waals surface area contributed by atoms with Crippen molar-refractivity contribution in [3.63, 3.8) is 0 Å². The molecule has 2 rings (SSSR count). The normalized spacial score (nSPS) is 34.5. The van der Waals surface area contributed by atoms with Crippen molar-refractivity contribution in [2.45, 2.75) is 55.3 Å². The van der Waals surface area contributed by atoms with Crippen molar-refractivity contribution in [1.82, 2.24) is 4.90 Å². The fourth-order valence-electron chi connectivity index (χ4n) is 2.93. The SMILES string of the molecule is CC1(C)S[C@@H]2[C@H](CCCCC=O)C(=O)N2[C@@]1(N)C(=O)O. The van der Waals surface area contributed by atoms with Crippen molar-refractivity contribution in [3.05, 3.63) is 0 Å². The summed E-state index contributed by atoms with van der Waals surface area (Å²) >= 11 is 1.46. The molecule has 3 N–H and O–H groups in total. The molecule has 1 amide bonds. The van der Waals surface area contributed by atoms with Gasteiger partial charge in [-0.2, -0.15) is 0 Å². The first-order valence-electron chi connectivity index (χ1n) is 6.74. The molecule has 0 unspecified atom stereocenters. The fourth-order valence-corrected chi connectivity index (χ4v) is 4.69. The number of carboxylic acid groups (broad SMARTS) is 1. The molecule has 20 heavy (non-hydrogen) atoms. The highest BCUT2D eigenvalue weighted by atomic mass is 32.2. The smallest absolute Gasteiger partial charge is 0.346 e. The molecule has 0 saturated carbocycles. The number of hydrogen-bond donors (Lipinski definition) is 2. The maximum absolute atomic E-state index is 12.2. The van der Waals surface area contributed by atoms with E-state index in [1.54, 1.807) is 13.8 Å². The van der Waals surface area contributed by atoms with Crippen molar-refractivity contribution in [1.29, 1.82) is 0 Å². The topological polar surface area (TPSA) is 101 Å². The van der Waals surface area contributed by atoms with Crippen molar-refractivity contribution in [2.75, 3.05) is 0 Å². The lowest BCUT2D eigenvalue weighted by Crippen LogP contribution is -2.74. The number of nitrogens with two attached hydrogens (primary N) is 1. The van der Waals surface area contributed by atoms with Crippen molar-refractivity contribution >= 4 is 29.9 Å². The summed E-state index contributed by atoms with van der Waals surface area (Å²) in [6.07, 6.45) is 3.63. The second-order valence-corrected chi connectivity index (χ2v) is 7.60. The van der Waals surface area contributed by atoms with Gasteiger partial charge in [-0.1, -0.05) is 6.42 Å². The molecule has 2 saturated heterocycles. The highest BCUT2D eigenvalue weighted by Crippen LogP contribution is 2.57. The number of carbonyl (C=O) groups excluding carboxylic acids is 2. The zero-order chi connectivity index (χ0) is 15.1. The highest BCUT2D eigenvalue weighted by molar-refractivity contribution is 8.01. The summed E-state index contributed by atoms with van der Waals surface area (Å²) in [7, 11) is 0. The van der Waals surface area contributed by atoms with E-state index in [1.807, 2.05) is 0 Å². The van der Waals surface area contributed by atoms with Gasteiger partial charge in [0.05, 0.1) is 16.0 Å². The van der Waals surface area contributed by atoms with Crippen LogP contribution in [-0.4, -0.2) is 44.0 Å². The van der Waals surface area contributed by atoms with Gasteiger partial charge in [-0.05, 0) is 26.7 Å². The third-order valence-electron chi connectivity index (χ3n) is 4.28. The number of carboxylic acids is 1. The van der Waals surface area contributed by atoms with Gasteiger partial charge in [0.25, 0.3) is 0 Å². The molecule has 2 aliphatic heterocycles. The maximum Gasteiger partial charge on any atom is 0.346 e. The molecule has 6 nitrogen and oxygen atoms in total. The third kappa shape index (κ3) is 1.95. The number of thioether (sulfide) groups is 1. The number of carbonyl (C=O) groups is 3. The summed E-state index contributed by atoms with van der Waals surface area (Å²) in [5.41, 5.74) is 4.39. The number of unbranched alkanes of at least 4 members (excludes halogenated alkanes) is 2. The van der Waals surface area contributed by atoms with E-state index in [1.165, 1.54) is 16.7 Å². The van der Waals surface area contributed by atoms with Gasteiger partial charge >= 0.3 is 5.97 Å². The van der Waals surface area contributed by atoms with Gasteiger partial charge < -0.3 is 14.8 Å². The van der Waals surface area contributed by atoms with Crippen LogP contribution in [0.1, 0.15) is 39.5 Å². The first-order chi connectivity index (χ1) is 9.27. The van der Waals surface area contributed by atoms with Gasteiger partial charge in [0, 0.05) is 6.42 Å². The Hall–Kier alpha value is -1.08. The summed E-state index contributed by atoms with van der Waals surface area (Å²) in [6.45, 7) is 3.53. The number of aliphatic carboxylic acids is 1. The predicted octanol–water partition coefficient (Wildman–Crippen LogP) is 0.795. The quantitative estimate of drug-likeness (QED) is 0.427. The first-order valence-corrected chi connectivity index (χ1v) is 7.62. The highest BCUT2D eigenvalue weighted by Gasteiger charge is 2.70. The van der Waals surface area contributed by atoms with Crippen molar-refractivity contribution < 1.29 is 19.5 Å². The van der Waals surface area contributed by atoms with E-state index < -0.39 is 16.4 Å². The Morgan fingerprint density at radius 3 is 2.70 bits per heavy atom. The first kappa shape index (κ1) is 15.3. The van der Waals surface area contributed by atoms with Crippen LogP contribution >= 0.6 is 11.8 Å². The van der Waals surface area contributed by atoms with Gasteiger partial charge in [-0.3, -0.25) is 10.5 Å². The molecular formula is C13H20N2O4S. The standard InChI is InChI=1S/C13H20N2O4S/c1-12(2)13(14,11(18)19)15-9(17)8(10(15)20-12)6-4-3-5-7-16/h7-8,10H,3-6,14H2,1-2H3,(H,18,19)/t8-,10-,13+/m1/s1. The summed E-state index contributed by atoms with van der Waals surface area (Å²) in [5.74, 6) is -1.51. The molecule has 0 aliphatic carbocycles. The van der Waals surface area contributed by atoms with E-state index in [0.717, 1.165) is 19.1 Å². The molecule has 0 spiro atoms. The van der Waals surface area contributed by atoms with E-state index in [4.69, 9.17) is 5.73 Å². The molecule has 0 aromatic heterocycles. The van der Waals surface area contributed by atoms with E-state index in [-0.39, 0.29) is 17.2 Å². The predicted molar refractivity (Wildman–Crippen MR) is 74.9 cm³/mol. The van der Waals surface area contributed by atoms with Crippen molar-refractivity contribution in [2.24, 2.45) is 11.7 Å². The fraction of sp³-hybridized carbons (Fsp3) is 0.769. The number of hydrogen-bond acceptors (Lipinski definition) is 5. The zero-order valence-corrected chi connectivity index (χ0v) is 12.5. The number of amides is 1. The number of β-lactam (4-membered cyclic amide) rings is 1. The van der Waals surface area contributed by atoms with Gasteiger partial charge in [0.15, 0.2) is 0 Å². The molecule has 0 bridgehead atoms. The Morgan fingerprint density at radius 1 is 1.50 bits per heavy atom. The van der Waals surface area contributed by atoms with Crippen LogP contribution in [0, 0.1) is 5.92 Å². The van der Waals surface area contributed by atoms with Crippen LogP contribution in [0.4, 0.5) is 0 Å². The molecule has 2 fully saturated rings. The summed E-state index contributed by atoms with van der Waals surface area (Å²) in [6, 6.07) is 0. The lowest BCUT2D eigenvalue weighted by atomic mass is 9.85. The molecular weight excluding hydrogens is 280 g/mol. The van der Waals surface area contributed by atoms with Crippen LogP contribution < -0.4 is 5.73 Å². The number of aldehydes is 1. The molecule has 2 aliphatic rings. The number of rotatable bonds is 6. The Balaban J connectivity index is 2.08. The monoisotopic (exact) mass is 300 g/mol. The summed E-state index contributed by atoms with van der Waals surface area (Å²) < 4.78 is -0.725. The molecule has 112 valence electrons. The lowest BCUT2D eigenvalue weighted by Gasteiger charge is -2.48. The summed E-state index contributed by atoms with van der Waals surface area (Å²) in [4.78, 5) is 35.3. The van der Waals surface area contributed by atoms with E-state index >= 15 is 0 Å². The van der Waals surface area contributed by atoms with Crippen molar-refractivity contribution in [3.8, 4) is 0 Å². The van der Waals surface area contributed by atoms with Gasteiger partial charge in [0.2, 0.25) is 11.6 Å². The van der Waals surface area contributed by atoms with Gasteiger partial charge in [-0.25, -0.2) is 4.79 Å². The Bertz CT molecular complexity index is 454.